The first-order valence-electron chi connectivity index (χ1n) is 7.39. The van der Waals surface area contributed by atoms with Crippen LogP contribution in [0.4, 0.5) is 0 Å². The molecule has 116 valence electrons. The summed E-state index contributed by atoms with van der Waals surface area (Å²) in [6, 6.07) is 4.49. The minimum atomic E-state index is 0.264. The van der Waals surface area contributed by atoms with E-state index in [1.165, 1.54) is 11.1 Å². The number of ether oxygens (including phenoxy) is 2. The Morgan fingerprint density at radius 3 is 2.43 bits per heavy atom. The summed E-state index contributed by atoms with van der Waals surface area (Å²) in [4.78, 5) is 2.41. The first kappa shape index (κ1) is 15.6. The molecular formula is C16H25N3O2. The van der Waals surface area contributed by atoms with E-state index in [4.69, 9.17) is 20.6 Å². The van der Waals surface area contributed by atoms with Gasteiger partial charge in [0, 0.05) is 25.6 Å². The minimum Gasteiger partial charge on any atom is -0.493 e. The van der Waals surface area contributed by atoms with Gasteiger partial charge in [-0.15, -0.1) is 0 Å². The number of nitrogens with two attached hydrogens (primary N) is 1. The Labute approximate surface area is 126 Å². The van der Waals surface area contributed by atoms with Crippen LogP contribution in [0.25, 0.3) is 0 Å². The topological polar surface area (TPSA) is 71.6 Å². The summed E-state index contributed by atoms with van der Waals surface area (Å²) in [5.74, 6) is 1.83. The molecule has 0 saturated carbocycles. The molecule has 1 aromatic carbocycles. The summed E-state index contributed by atoms with van der Waals surface area (Å²) >= 11 is 0. The number of rotatable bonds is 6. The zero-order valence-corrected chi connectivity index (χ0v) is 13.1. The Hall–Kier alpha value is -1.75. The third-order valence-corrected chi connectivity index (χ3v) is 4.19. The molecule has 1 aromatic rings. The largest absolute Gasteiger partial charge is 0.493 e. The van der Waals surface area contributed by atoms with Crippen LogP contribution < -0.4 is 15.2 Å². The van der Waals surface area contributed by atoms with Crippen molar-refractivity contribution < 1.29 is 9.47 Å². The van der Waals surface area contributed by atoms with E-state index in [9.17, 15) is 0 Å². The average Bonchev–Trinajstić information content (AvgIpc) is 2.50. The van der Waals surface area contributed by atoms with Gasteiger partial charge in [0.2, 0.25) is 0 Å². The summed E-state index contributed by atoms with van der Waals surface area (Å²) < 4.78 is 10.8. The average molecular weight is 291 g/mol. The van der Waals surface area contributed by atoms with Crippen molar-refractivity contribution >= 4 is 5.84 Å². The molecule has 1 unspecified atom stereocenters. The van der Waals surface area contributed by atoms with Gasteiger partial charge in [-0.3, -0.25) is 10.3 Å². The molecule has 21 heavy (non-hydrogen) atoms. The van der Waals surface area contributed by atoms with Crippen molar-refractivity contribution in [2.75, 3.05) is 20.8 Å². The predicted molar refractivity (Wildman–Crippen MR) is 84.3 cm³/mol. The molecule has 0 fully saturated rings. The summed E-state index contributed by atoms with van der Waals surface area (Å²) in [6.45, 7) is 4.02. The van der Waals surface area contributed by atoms with Crippen LogP contribution in [-0.4, -0.2) is 37.5 Å². The fourth-order valence-electron chi connectivity index (χ4n) is 3.00. The Morgan fingerprint density at radius 2 is 1.90 bits per heavy atom. The molecule has 1 atom stereocenters. The van der Waals surface area contributed by atoms with Crippen molar-refractivity contribution in [1.29, 1.82) is 5.41 Å². The van der Waals surface area contributed by atoms with Crippen LogP contribution in [0.3, 0.4) is 0 Å². The van der Waals surface area contributed by atoms with Gasteiger partial charge in [0.25, 0.3) is 0 Å². The van der Waals surface area contributed by atoms with Crippen molar-refractivity contribution in [3.8, 4) is 11.5 Å². The summed E-state index contributed by atoms with van der Waals surface area (Å²) in [5.41, 5.74) is 8.17. The van der Waals surface area contributed by atoms with Crippen LogP contribution in [0.5, 0.6) is 11.5 Å². The molecule has 5 nitrogen and oxygen atoms in total. The molecule has 5 heteroatoms. The maximum atomic E-state index is 7.52. The van der Waals surface area contributed by atoms with Crippen LogP contribution >= 0.6 is 0 Å². The van der Waals surface area contributed by atoms with Gasteiger partial charge in [-0.25, -0.2) is 0 Å². The van der Waals surface area contributed by atoms with Crippen LogP contribution in [-0.2, 0) is 13.0 Å². The van der Waals surface area contributed by atoms with Crippen molar-refractivity contribution in [2.24, 2.45) is 5.73 Å². The Kier molecular flexibility index (Phi) is 5.07. The smallest absolute Gasteiger partial charge is 0.161 e. The van der Waals surface area contributed by atoms with Gasteiger partial charge in [-0.2, -0.15) is 0 Å². The molecular weight excluding hydrogens is 266 g/mol. The Bertz CT molecular complexity index is 516. The van der Waals surface area contributed by atoms with E-state index in [0.29, 0.717) is 12.5 Å². The second-order valence-corrected chi connectivity index (χ2v) is 5.49. The lowest BCUT2D eigenvalue weighted by atomic mass is 9.96. The maximum absolute atomic E-state index is 7.52. The second-order valence-electron chi connectivity index (χ2n) is 5.49. The van der Waals surface area contributed by atoms with E-state index >= 15 is 0 Å². The normalized spacial score (nSPS) is 16.1. The van der Waals surface area contributed by atoms with E-state index < -0.39 is 0 Å². The highest BCUT2D eigenvalue weighted by Gasteiger charge is 2.24. The summed E-state index contributed by atoms with van der Waals surface area (Å²) in [5, 5.41) is 7.52. The maximum Gasteiger partial charge on any atom is 0.161 e. The molecule has 0 aliphatic carbocycles. The minimum absolute atomic E-state index is 0.264. The number of hydrogen-bond acceptors (Lipinski definition) is 4. The molecule has 0 aromatic heterocycles. The highest BCUT2D eigenvalue weighted by Crippen LogP contribution is 2.34. The quantitative estimate of drug-likeness (QED) is 0.622. The predicted octanol–water partition coefficient (Wildman–Crippen LogP) is 2.17. The van der Waals surface area contributed by atoms with E-state index in [2.05, 4.69) is 24.0 Å². The standard InChI is InChI=1S/C16H25N3O2/c1-4-13(9-16(17)18)19-6-5-11-7-14(20-2)15(21-3)8-12(11)10-19/h7-8,13H,4-6,9-10H2,1-3H3,(H3,17,18). The first-order valence-corrected chi connectivity index (χ1v) is 7.39. The van der Waals surface area contributed by atoms with Gasteiger partial charge in [0.05, 0.1) is 20.1 Å². The highest BCUT2D eigenvalue weighted by molar-refractivity contribution is 5.77. The number of fused-ring (bicyclic) bond motifs is 1. The van der Waals surface area contributed by atoms with Crippen molar-refractivity contribution in [3.63, 3.8) is 0 Å². The Balaban J connectivity index is 2.21. The van der Waals surface area contributed by atoms with Crippen LogP contribution in [0, 0.1) is 5.41 Å². The number of hydrogen-bond donors (Lipinski definition) is 2. The second kappa shape index (κ2) is 6.80. The molecule has 1 aliphatic heterocycles. The number of amidine groups is 1. The molecule has 3 N–H and O–H groups in total. The van der Waals surface area contributed by atoms with E-state index in [1.807, 2.05) is 0 Å². The van der Waals surface area contributed by atoms with E-state index in [0.717, 1.165) is 37.4 Å². The fraction of sp³-hybridized carbons (Fsp3) is 0.562. The van der Waals surface area contributed by atoms with Crippen LogP contribution in [0.1, 0.15) is 30.9 Å². The molecule has 0 bridgehead atoms. The molecule has 0 spiro atoms. The molecule has 1 aliphatic rings. The number of methoxy groups -OCH3 is 2. The Morgan fingerprint density at radius 1 is 1.29 bits per heavy atom. The van der Waals surface area contributed by atoms with Crippen LogP contribution in [0.2, 0.25) is 0 Å². The van der Waals surface area contributed by atoms with Gasteiger partial charge >= 0.3 is 0 Å². The van der Waals surface area contributed by atoms with Gasteiger partial charge in [0.1, 0.15) is 0 Å². The molecule has 1 heterocycles. The molecule has 2 rings (SSSR count). The fourth-order valence-corrected chi connectivity index (χ4v) is 3.00. The third kappa shape index (κ3) is 3.47. The summed E-state index contributed by atoms with van der Waals surface area (Å²) in [6.07, 6.45) is 2.63. The third-order valence-electron chi connectivity index (χ3n) is 4.19. The zero-order chi connectivity index (χ0) is 15.4. The van der Waals surface area contributed by atoms with Gasteiger partial charge in [-0.05, 0) is 36.1 Å². The SMILES string of the molecule is CCC(CC(=N)N)N1CCc2cc(OC)c(OC)cc2C1. The highest BCUT2D eigenvalue weighted by atomic mass is 16.5. The molecule has 0 amide bonds. The van der Waals surface area contributed by atoms with Gasteiger partial charge in [0.15, 0.2) is 11.5 Å². The van der Waals surface area contributed by atoms with Crippen molar-refractivity contribution in [2.45, 2.75) is 38.8 Å². The number of benzene rings is 1. The first-order chi connectivity index (χ1) is 10.1. The van der Waals surface area contributed by atoms with E-state index in [1.54, 1.807) is 14.2 Å². The lowest BCUT2D eigenvalue weighted by Crippen LogP contribution is -2.41. The van der Waals surface area contributed by atoms with Gasteiger partial charge < -0.3 is 15.2 Å². The molecule has 0 saturated heterocycles. The van der Waals surface area contributed by atoms with Crippen LogP contribution in [0.15, 0.2) is 12.1 Å². The summed E-state index contributed by atoms with van der Waals surface area (Å²) in [7, 11) is 3.33. The van der Waals surface area contributed by atoms with Gasteiger partial charge in [-0.1, -0.05) is 6.92 Å². The van der Waals surface area contributed by atoms with E-state index in [-0.39, 0.29) is 5.84 Å². The lowest BCUT2D eigenvalue weighted by molar-refractivity contribution is 0.177. The monoisotopic (exact) mass is 291 g/mol. The number of nitrogens with one attached hydrogen (secondary N) is 1. The van der Waals surface area contributed by atoms with Crippen molar-refractivity contribution in [3.05, 3.63) is 23.3 Å². The molecule has 0 radical (unpaired) electrons. The number of nitrogens with zero attached hydrogens (tertiary/aromatic N) is 1. The lowest BCUT2D eigenvalue weighted by Gasteiger charge is -2.35. The zero-order valence-electron chi connectivity index (χ0n) is 13.1. The van der Waals surface area contributed by atoms with Crippen molar-refractivity contribution in [1.82, 2.24) is 4.90 Å².